The van der Waals surface area contributed by atoms with E-state index in [1.54, 1.807) is 25.4 Å². The molecular weight excluding hydrogens is 368 g/mol. The van der Waals surface area contributed by atoms with E-state index in [1.165, 1.54) is 11.3 Å². The number of aromatic nitrogens is 2. The van der Waals surface area contributed by atoms with Crippen LogP contribution in [0.5, 0.6) is 0 Å². The number of aryl methyl sites for hydroxylation is 1. The first-order valence-electron chi connectivity index (χ1n) is 7.18. The molecule has 0 aliphatic rings. The summed E-state index contributed by atoms with van der Waals surface area (Å²) in [6.45, 7) is 1.69. The van der Waals surface area contributed by atoms with Gasteiger partial charge in [0.05, 0.1) is 5.69 Å². The van der Waals surface area contributed by atoms with Crippen LogP contribution in [0.2, 0.25) is 0 Å². The normalized spacial score (nSPS) is 11.6. The van der Waals surface area contributed by atoms with Crippen LogP contribution in [0.4, 0.5) is 8.78 Å². The maximum Gasteiger partial charge on any atom is 0.243 e. The van der Waals surface area contributed by atoms with E-state index in [2.05, 4.69) is 14.7 Å². The second-order valence-corrected chi connectivity index (χ2v) is 7.99. The fourth-order valence-corrected chi connectivity index (χ4v) is 4.29. The van der Waals surface area contributed by atoms with E-state index in [9.17, 15) is 17.2 Å². The van der Waals surface area contributed by atoms with Crippen LogP contribution in [0.25, 0.3) is 10.6 Å². The molecule has 2 aromatic heterocycles. The molecule has 0 aliphatic heterocycles. The minimum atomic E-state index is -4.18. The van der Waals surface area contributed by atoms with Crippen molar-refractivity contribution in [1.82, 2.24) is 14.7 Å². The molecule has 0 saturated carbocycles. The highest BCUT2D eigenvalue weighted by molar-refractivity contribution is 7.89. The molecule has 0 radical (unpaired) electrons. The lowest BCUT2D eigenvalue weighted by Gasteiger charge is -2.07. The fraction of sp³-hybridized carbons (Fsp3) is 0.125. The first-order valence-corrected chi connectivity index (χ1v) is 9.48. The molecule has 0 saturated heterocycles. The van der Waals surface area contributed by atoms with Gasteiger partial charge in [-0.2, -0.15) is 0 Å². The summed E-state index contributed by atoms with van der Waals surface area (Å²) in [5.74, 6) is -1.83. The molecule has 0 unspecified atom stereocenters. The number of benzene rings is 1. The van der Waals surface area contributed by atoms with E-state index in [0.29, 0.717) is 21.6 Å². The van der Waals surface area contributed by atoms with Gasteiger partial charge in [-0.25, -0.2) is 26.9 Å². The molecule has 0 bridgehead atoms. The molecular formula is C16H13F2N3O2S2. The monoisotopic (exact) mass is 381 g/mol. The highest BCUT2D eigenvalue weighted by atomic mass is 32.2. The summed E-state index contributed by atoms with van der Waals surface area (Å²) in [6.07, 6.45) is 3.31. The van der Waals surface area contributed by atoms with Crippen LogP contribution in [-0.2, 0) is 16.6 Å². The summed E-state index contributed by atoms with van der Waals surface area (Å²) in [7, 11) is -4.18. The third-order valence-electron chi connectivity index (χ3n) is 3.41. The Morgan fingerprint density at radius 3 is 2.76 bits per heavy atom. The Morgan fingerprint density at radius 2 is 2.04 bits per heavy atom. The van der Waals surface area contributed by atoms with Crippen LogP contribution in [0.3, 0.4) is 0 Å². The Labute approximate surface area is 147 Å². The quantitative estimate of drug-likeness (QED) is 0.736. The van der Waals surface area contributed by atoms with E-state index < -0.39 is 26.6 Å². The Balaban J connectivity index is 1.82. The van der Waals surface area contributed by atoms with Crippen molar-refractivity contribution < 1.29 is 17.2 Å². The zero-order valence-corrected chi connectivity index (χ0v) is 14.7. The smallest absolute Gasteiger partial charge is 0.243 e. The first kappa shape index (κ1) is 17.6. The highest BCUT2D eigenvalue weighted by Crippen LogP contribution is 2.27. The van der Waals surface area contributed by atoms with Gasteiger partial charge in [0.25, 0.3) is 0 Å². The molecule has 0 spiro atoms. The molecule has 0 atom stereocenters. The minimum absolute atomic E-state index is 0.0674. The van der Waals surface area contributed by atoms with Crippen molar-refractivity contribution in [2.75, 3.05) is 0 Å². The molecule has 3 aromatic rings. The predicted molar refractivity (Wildman–Crippen MR) is 90.5 cm³/mol. The average molecular weight is 381 g/mol. The van der Waals surface area contributed by atoms with Gasteiger partial charge in [0.1, 0.15) is 21.5 Å². The van der Waals surface area contributed by atoms with Crippen LogP contribution in [0, 0.1) is 18.6 Å². The van der Waals surface area contributed by atoms with E-state index in [4.69, 9.17) is 0 Å². The lowest BCUT2D eigenvalue weighted by atomic mass is 10.3. The Hall–Kier alpha value is -2.23. The van der Waals surface area contributed by atoms with E-state index in [0.717, 1.165) is 17.7 Å². The van der Waals surface area contributed by atoms with Gasteiger partial charge in [-0.05, 0) is 37.3 Å². The number of rotatable bonds is 5. The maximum absolute atomic E-state index is 13.7. The summed E-state index contributed by atoms with van der Waals surface area (Å²) < 4.78 is 53.6. The molecule has 5 nitrogen and oxygen atoms in total. The van der Waals surface area contributed by atoms with Crippen molar-refractivity contribution in [3.8, 4) is 10.6 Å². The molecule has 130 valence electrons. The lowest BCUT2D eigenvalue weighted by molar-refractivity contribution is 0.546. The van der Waals surface area contributed by atoms with Crippen molar-refractivity contribution in [1.29, 1.82) is 0 Å². The topological polar surface area (TPSA) is 72.0 Å². The highest BCUT2D eigenvalue weighted by Gasteiger charge is 2.21. The van der Waals surface area contributed by atoms with Crippen molar-refractivity contribution >= 4 is 21.4 Å². The fourth-order valence-electron chi connectivity index (χ4n) is 2.13. The van der Waals surface area contributed by atoms with Crippen molar-refractivity contribution in [3.05, 3.63) is 64.9 Å². The third kappa shape index (κ3) is 3.89. The average Bonchev–Trinajstić information content (AvgIpc) is 2.97. The van der Waals surface area contributed by atoms with E-state index in [-0.39, 0.29) is 6.54 Å². The molecule has 0 aliphatic carbocycles. The molecule has 1 N–H and O–H groups in total. The number of thiazole rings is 1. The van der Waals surface area contributed by atoms with Crippen LogP contribution in [-0.4, -0.2) is 18.4 Å². The summed E-state index contributed by atoms with van der Waals surface area (Å²) in [6, 6.07) is 5.92. The number of nitrogens with one attached hydrogen (secondary N) is 1. The Bertz CT molecular complexity index is 1010. The van der Waals surface area contributed by atoms with Gasteiger partial charge < -0.3 is 0 Å². The zero-order valence-electron chi connectivity index (χ0n) is 13.0. The third-order valence-corrected chi connectivity index (χ3v) is 6.03. The summed E-state index contributed by atoms with van der Waals surface area (Å²) in [4.78, 5) is 8.38. The van der Waals surface area contributed by atoms with Crippen molar-refractivity contribution in [2.45, 2.75) is 18.4 Å². The molecule has 2 heterocycles. The van der Waals surface area contributed by atoms with Gasteiger partial charge in [-0.1, -0.05) is 0 Å². The minimum Gasteiger partial charge on any atom is -0.264 e. The Morgan fingerprint density at radius 1 is 1.24 bits per heavy atom. The molecule has 0 amide bonds. The largest absolute Gasteiger partial charge is 0.264 e. The summed E-state index contributed by atoms with van der Waals surface area (Å²) in [5, 5.41) is 0.705. The second kappa shape index (κ2) is 6.95. The predicted octanol–water partition coefficient (Wildman–Crippen LogP) is 3.27. The van der Waals surface area contributed by atoms with Crippen LogP contribution in [0.1, 0.15) is 10.6 Å². The van der Waals surface area contributed by atoms with E-state index >= 15 is 0 Å². The number of hydrogen-bond donors (Lipinski definition) is 1. The number of sulfonamides is 1. The van der Waals surface area contributed by atoms with Crippen LogP contribution < -0.4 is 4.72 Å². The lowest BCUT2D eigenvalue weighted by Crippen LogP contribution is -2.24. The number of hydrogen-bond acceptors (Lipinski definition) is 5. The van der Waals surface area contributed by atoms with Crippen LogP contribution in [0.15, 0.2) is 47.6 Å². The molecule has 3 rings (SSSR count). The zero-order chi connectivity index (χ0) is 18.0. The first-order chi connectivity index (χ1) is 11.9. The van der Waals surface area contributed by atoms with Gasteiger partial charge in [0.2, 0.25) is 10.0 Å². The maximum atomic E-state index is 13.7. The SMILES string of the molecule is Cc1nc(-c2cccnc2)sc1CNS(=O)(=O)c1cc(F)ccc1F. The summed E-state index contributed by atoms with van der Waals surface area (Å²) >= 11 is 1.31. The molecule has 0 fully saturated rings. The number of nitrogens with zero attached hydrogens (tertiary/aromatic N) is 2. The van der Waals surface area contributed by atoms with Gasteiger partial charge in [-0.3, -0.25) is 4.98 Å². The Kier molecular flexibility index (Phi) is 4.89. The van der Waals surface area contributed by atoms with Gasteiger partial charge in [0.15, 0.2) is 0 Å². The molecule has 9 heteroatoms. The van der Waals surface area contributed by atoms with Crippen molar-refractivity contribution in [3.63, 3.8) is 0 Å². The van der Waals surface area contributed by atoms with Gasteiger partial charge in [0, 0.05) is 29.4 Å². The second-order valence-electron chi connectivity index (χ2n) is 5.17. The standard InChI is InChI=1S/C16H13F2N3O2S2/c1-10-14(24-16(21-10)11-3-2-6-19-8-11)9-20-25(22,23)15-7-12(17)4-5-13(15)18/h2-8,20H,9H2,1H3. The molecule has 1 aromatic carbocycles. The van der Waals surface area contributed by atoms with Crippen molar-refractivity contribution in [2.24, 2.45) is 0 Å². The van der Waals surface area contributed by atoms with Gasteiger partial charge in [-0.15, -0.1) is 11.3 Å². The molecule has 25 heavy (non-hydrogen) atoms. The summed E-state index contributed by atoms with van der Waals surface area (Å²) in [5.41, 5.74) is 1.48. The number of pyridine rings is 1. The number of halogens is 2. The van der Waals surface area contributed by atoms with Crippen LogP contribution >= 0.6 is 11.3 Å². The van der Waals surface area contributed by atoms with Gasteiger partial charge >= 0.3 is 0 Å². The van der Waals surface area contributed by atoms with E-state index in [1.807, 2.05) is 6.07 Å².